The first-order chi connectivity index (χ1) is 10.9. The molecule has 0 N–H and O–H groups in total. The molecule has 0 spiro atoms. The monoisotopic (exact) mass is 321 g/mol. The molecule has 0 aliphatic heterocycles. The van der Waals surface area contributed by atoms with E-state index in [1.54, 1.807) is 4.90 Å². The summed E-state index contributed by atoms with van der Waals surface area (Å²) in [5, 5.41) is 0. The summed E-state index contributed by atoms with van der Waals surface area (Å²) in [5.41, 5.74) is 1.14. The Bertz CT molecular complexity index is 496. The third-order valence-corrected chi connectivity index (χ3v) is 3.53. The SMILES string of the molecule is COC(=O)CCN(CCC(C)C)C(=O)COc1ccc(C)cc1. The van der Waals surface area contributed by atoms with E-state index in [9.17, 15) is 9.59 Å². The number of amides is 1. The fraction of sp³-hybridized carbons (Fsp3) is 0.556. The number of rotatable bonds is 9. The lowest BCUT2D eigenvalue weighted by atomic mass is 10.1. The van der Waals surface area contributed by atoms with Crippen molar-refractivity contribution in [1.82, 2.24) is 4.90 Å². The lowest BCUT2D eigenvalue weighted by Gasteiger charge is -2.23. The molecular formula is C18H27NO4. The van der Waals surface area contributed by atoms with Crippen LogP contribution in [0.25, 0.3) is 0 Å². The van der Waals surface area contributed by atoms with Crippen LogP contribution >= 0.6 is 0 Å². The van der Waals surface area contributed by atoms with Crippen LogP contribution in [0.3, 0.4) is 0 Å². The van der Waals surface area contributed by atoms with Crippen LogP contribution in [0.1, 0.15) is 32.3 Å². The van der Waals surface area contributed by atoms with Gasteiger partial charge in [-0.15, -0.1) is 0 Å². The second-order valence-electron chi connectivity index (χ2n) is 5.99. The Morgan fingerprint density at radius 1 is 1.13 bits per heavy atom. The van der Waals surface area contributed by atoms with E-state index in [1.165, 1.54) is 7.11 Å². The zero-order chi connectivity index (χ0) is 17.2. The topological polar surface area (TPSA) is 55.8 Å². The minimum absolute atomic E-state index is 0.0255. The Morgan fingerprint density at radius 3 is 2.35 bits per heavy atom. The minimum Gasteiger partial charge on any atom is -0.484 e. The van der Waals surface area contributed by atoms with Crippen molar-refractivity contribution in [2.24, 2.45) is 5.92 Å². The highest BCUT2D eigenvalue weighted by molar-refractivity contribution is 5.78. The molecule has 23 heavy (non-hydrogen) atoms. The molecule has 1 aromatic rings. The summed E-state index contributed by atoms with van der Waals surface area (Å²) in [6.45, 7) is 7.15. The largest absolute Gasteiger partial charge is 0.484 e. The number of methoxy groups -OCH3 is 1. The molecule has 1 aromatic carbocycles. The lowest BCUT2D eigenvalue weighted by molar-refractivity contribution is -0.142. The number of carbonyl (C=O) groups is 2. The van der Waals surface area contributed by atoms with Gasteiger partial charge in [-0.2, -0.15) is 0 Å². The van der Waals surface area contributed by atoms with Crippen LogP contribution in [-0.4, -0.2) is 43.6 Å². The van der Waals surface area contributed by atoms with Crippen LogP contribution in [0.2, 0.25) is 0 Å². The Hall–Kier alpha value is -2.04. The van der Waals surface area contributed by atoms with Gasteiger partial charge in [0.25, 0.3) is 5.91 Å². The molecule has 5 nitrogen and oxygen atoms in total. The van der Waals surface area contributed by atoms with Gasteiger partial charge in [0.05, 0.1) is 13.5 Å². The van der Waals surface area contributed by atoms with Crippen molar-refractivity contribution in [3.05, 3.63) is 29.8 Å². The normalized spacial score (nSPS) is 10.5. The van der Waals surface area contributed by atoms with Crippen molar-refractivity contribution in [3.63, 3.8) is 0 Å². The maximum absolute atomic E-state index is 12.3. The van der Waals surface area contributed by atoms with Gasteiger partial charge in [0, 0.05) is 13.1 Å². The van der Waals surface area contributed by atoms with E-state index in [4.69, 9.17) is 4.74 Å². The van der Waals surface area contributed by atoms with E-state index in [-0.39, 0.29) is 24.9 Å². The number of carbonyl (C=O) groups excluding carboxylic acids is 2. The second-order valence-corrected chi connectivity index (χ2v) is 5.99. The molecule has 5 heteroatoms. The summed E-state index contributed by atoms with van der Waals surface area (Å²) in [6, 6.07) is 7.56. The van der Waals surface area contributed by atoms with Gasteiger partial charge in [-0.3, -0.25) is 9.59 Å². The van der Waals surface area contributed by atoms with Gasteiger partial charge >= 0.3 is 5.97 Å². The fourth-order valence-electron chi connectivity index (χ4n) is 1.97. The standard InChI is InChI=1S/C18H27NO4/c1-14(2)9-11-19(12-10-18(21)22-4)17(20)13-23-16-7-5-15(3)6-8-16/h5-8,14H,9-13H2,1-4H3. The van der Waals surface area contributed by atoms with Crippen molar-refractivity contribution in [2.45, 2.75) is 33.6 Å². The maximum Gasteiger partial charge on any atom is 0.307 e. The molecule has 0 heterocycles. The van der Waals surface area contributed by atoms with Gasteiger partial charge in [-0.1, -0.05) is 31.5 Å². The number of aryl methyl sites for hydroxylation is 1. The van der Waals surface area contributed by atoms with E-state index < -0.39 is 0 Å². The molecule has 0 radical (unpaired) electrons. The summed E-state index contributed by atoms with van der Waals surface area (Å²) in [4.78, 5) is 25.3. The highest BCUT2D eigenvalue weighted by Crippen LogP contribution is 2.12. The third kappa shape index (κ3) is 7.68. The quantitative estimate of drug-likeness (QED) is 0.656. The van der Waals surface area contributed by atoms with Crippen LogP contribution in [0, 0.1) is 12.8 Å². The van der Waals surface area contributed by atoms with E-state index in [0.717, 1.165) is 12.0 Å². The number of nitrogens with zero attached hydrogens (tertiary/aromatic N) is 1. The van der Waals surface area contributed by atoms with Crippen LogP contribution in [0.4, 0.5) is 0 Å². The molecule has 128 valence electrons. The highest BCUT2D eigenvalue weighted by atomic mass is 16.5. The molecule has 0 fully saturated rings. The van der Waals surface area contributed by atoms with Gasteiger partial charge in [-0.05, 0) is 31.4 Å². The number of hydrogen-bond donors (Lipinski definition) is 0. The Labute approximate surface area is 138 Å². The first-order valence-corrected chi connectivity index (χ1v) is 7.96. The van der Waals surface area contributed by atoms with Gasteiger partial charge in [-0.25, -0.2) is 0 Å². The predicted molar refractivity (Wildman–Crippen MR) is 89.3 cm³/mol. The van der Waals surface area contributed by atoms with E-state index in [0.29, 0.717) is 24.8 Å². The molecule has 1 rings (SSSR count). The number of esters is 1. The highest BCUT2D eigenvalue weighted by Gasteiger charge is 2.16. The van der Waals surface area contributed by atoms with Gasteiger partial charge < -0.3 is 14.4 Å². The van der Waals surface area contributed by atoms with Crippen LogP contribution in [-0.2, 0) is 14.3 Å². The zero-order valence-electron chi connectivity index (χ0n) is 14.5. The zero-order valence-corrected chi connectivity index (χ0v) is 14.5. The summed E-state index contributed by atoms with van der Waals surface area (Å²) in [6.07, 6.45) is 1.09. The Balaban J connectivity index is 2.54. The maximum atomic E-state index is 12.3. The molecule has 0 atom stereocenters. The minimum atomic E-state index is -0.313. The van der Waals surface area contributed by atoms with E-state index in [2.05, 4.69) is 18.6 Å². The molecule has 0 aliphatic carbocycles. The third-order valence-electron chi connectivity index (χ3n) is 3.53. The Morgan fingerprint density at radius 2 is 1.78 bits per heavy atom. The molecule has 0 unspecified atom stereocenters. The molecule has 0 aromatic heterocycles. The van der Waals surface area contributed by atoms with Crippen molar-refractivity contribution in [3.8, 4) is 5.75 Å². The number of hydrogen-bond acceptors (Lipinski definition) is 4. The first-order valence-electron chi connectivity index (χ1n) is 7.96. The van der Waals surface area contributed by atoms with Crippen LogP contribution < -0.4 is 4.74 Å². The summed E-state index contributed by atoms with van der Waals surface area (Å²) in [7, 11) is 1.35. The summed E-state index contributed by atoms with van der Waals surface area (Å²) in [5.74, 6) is 0.726. The predicted octanol–water partition coefficient (Wildman–Crippen LogP) is 2.81. The molecule has 1 amide bonds. The van der Waals surface area contributed by atoms with E-state index in [1.807, 2.05) is 31.2 Å². The van der Waals surface area contributed by atoms with E-state index >= 15 is 0 Å². The molecule has 0 aliphatic rings. The van der Waals surface area contributed by atoms with Gasteiger partial charge in [0.2, 0.25) is 0 Å². The van der Waals surface area contributed by atoms with Crippen LogP contribution in [0.5, 0.6) is 5.75 Å². The smallest absolute Gasteiger partial charge is 0.307 e. The lowest BCUT2D eigenvalue weighted by Crippen LogP contribution is -2.37. The summed E-state index contributed by atoms with van der Waals surface area (Å²) < 4.78 is 10.2. The Kier molecular flexibility index (Phi) is 8.16. The number of benzene rings is 1. The average Bonchev–Trinajstić information content (AvgIpc) is 2.53. The van der Waals surface area contributed by atoms with Gasteiger partial charge in [0.1, 0.15) is 5.75 Å². The fourth-order valence-corrected chi connectivity index (χ4v) is 1.97. The van der Waals surface area contributed by atoms with Crippen molar-refractivity contribution >= 4 is 11.9 Å². The van der Waals surface area contributed by atoms with Gasteiger partial charge in [0.15, 0.2) is 6.61 Å². The van der Waals surface area contributed by atoms with Crippen LogP contribution in [0.15, 0.2) is 24.3 Å². The molecular weight excluding hydrogens is 294 g/mol. The summed E-state index contributed by atoms with van der Waals surface area (Å²) >= 11 is 0. The van der Waals surface area contributed by atoms with Crippen molar-refractivity contribution < 1.29 is 19.1 Å². The van der Waals surface area contributed by atoms with Crippen molar-refractivity contribution in [1.29, 1.82) is 0 Å². The molecule has 0 bridgehead atoms. The first kappa shape index (κ1) is 19.0. The number of ether oxygens (including phenoxy) is 2. The molecule has 0 saturated carbocycles. The average molecular weight is 321 g/mol. The second kappa shape index (κ2) is 9.87. The van der Waals surface area contributed by atoms with Crippen molar-refractivity contribution in [2.75, 3.05) is 26.8 Å². The molecule has 0 saturated heterocycles.